The maximum atomic E-state index is 16.5. The maximum absolute atomic E-state index is 16.5. The van der Waals surface area contributed by atoms with Gasteiger partial charge >= 0.3 is 19.5 Å². The summed E-state index contributed by atoms with van der Waals surface area (Å²) in [5.74, 6) is -0.685. The molecule has 15 heteroatoms. The zero-order valence-corrected chi connectivity index (χ0v) is 21.3. The van der Waals surface area contributed by atoms with Crippen molar-refractivity contribution in [3.63, 3.8) is 0 Å². The average Bonchev–Trinajstić information content (AvgIpc) is 3.34. The van der Waals surface area contributed by atoms with E-state index in [1.165, 1.54) is 0 Å². The quantitative estimate of drug-likeness (QED) is 0.305. The lowest BCUT2D eigenvalue weighted by Crippen LogP contribution is -2.49. The normalized spacial score (nSPS) is 36.6. The lowest BCUT2D eigenvalue weighted by Gasteiger charge is -2.34. The van der Waals surface area contributed by atoms with E-state index in [1.807, 2.05) is 4.98 Å². The van der Waals surface area contributed by atoms with Crippen molar-refractivity contribution in [2.45, 2.75) is 56.1 Å². The van der Waals surface area contributed by atoms with Crippen LogP contribution in [-0.4, -0.2) is 52.4 Å². The molecule has 7 atom stereocenters. The van der Waals surface area contributed by atoms with E-state index in [1.54, 1.807) is 24.3 Å². The summed E-state index contributed by atoms with van der Waals surface area (Å²) in [6.45, 7) is 1.59. The second kappa shape index (κ2) is 9.42. The van der Waals surface area contributed by atoms with Crippen molar-refractivity contribution < 1.29 is 41.5 Å². The number of aromatic nitrogens is 2. The third kappa shape index (κ3) is 4.59. The zero-order valence-electron chi connectivity index (χ0n) is 19.6. The van der Waals surface area contributed by atoms with Gasteiger partial charge in [0, 0.05) is 30.6 Å². The minimum absolute atomic E-state index is 0.0241. The van der Waals surface area contributed by atoms with Crippen molar-refractivity contribution >= 4 is 25.4 Å². The van der Waals surface area contributed by atoms with Gasteiger partial charge in [0.25, 0.3) is 5.56 Å². The Morgan fingerprint density at radius 3 is 2.84 bits per heavy atom. The molecule has 200 valence electrons. The van der Waals surface area contributed by atoms with Crippen LogP contribution in [0.25, 0.3) is 0 Å². The van der Waals surface area contributed by atoms with Gasteiger partial charge in [-0.3, -0.25) is 32.7 Å². The Labute approximate surface area is 214 Å². The summed E-state index contributed by atoms with van der Waals surface area (Å²) in [5.41, 5.74) is -5.38. The van der Waals surface area contributed by atoms with Crippen molar-refractivity contribution in [2.24, 2.45) is 0 Å². The van der Waals surface area contributed by atoms with Crippen LogP contribution in [0.15, 0.2) is 46.1 Å². The summed E-state index contributed by atoms with van der Waals surface area (Å²) < 4.78 is 63.7. The second-order valence-electron chi connectivity index (χ2n) is 8.94. The first-order valence-corrected chi connectivity index (χ1v) is 13.1. The standard InChI is InChI=1S/C22H23ClFN2O10P/c1-12(27)31-11-32-22-17(34-19(21(22,2)24)26-8-6-16(28)25-20(26)29)18(22)36-37(30)33-9-7-15(35-37)13-4-3-5-14(23)10-13/h3-6,8,10,15,17-19H,7,9,11H2,1-2H3,(H,25,28,29)/t15-,17+,18?,19+,21-,22-,37-/m0/s1. The smallest absolute Gasteiger partial charge is 0.439 e. The van der Waals surface area contributed by atoms with Gasteiger partial charge in [-0.25, -0.2) is 13.8 Å². The molecule has 2 saturated heterocycles. The second-order valence-corrected chi connectivity index (χ2v) is 10.9. The van der Waals surface area contributed by atoms with Gasteiger partial charge in [-0.15, -0.1) is 0 Å². The van der Waals surface area contributed by atoms with Gasteiger partial charge in [-0.2, -0.15) is 0 Å². The summed E-state index contributed by atoms with van der Waals surface area (Å²) in [7, 11) is -4.25. The van der Waals surface area contributed by atoms with Gasteiger partial charge in [-0.05, 0) is 24.6 Å². The number of phosphoric ester groups is 1. The molecule has 0 amide bonds. The Morgan fingerprint density at radius 1 is 1.35 bits per heavy atom. The highest BCUT2D eigenvalue weighted by atomic mass is 35.5. The van der Waals surface area contributed by atoms with Crippen molar-refractivity contribution in [1.29, 1.82) is 0 Å². The number of H-pyrrole nitrogens is 1. The number of fused-ring (bicyclic) bond motifs is 1. The molecular weight excluding hydrogens is 538 g/mol. The lowest BCUT2D eigenvalue weighted by molar-refractivity contribution is -0.184. The van der Waals surface area contributed by atoms with Gasteiger partial charge in [0.15, 0.2) is 24.3 Å². The molecule has 1 unspecified atom stereocenters. The molecule has 1 aromatic heterocycles. The monoisotopic (exact) mass is 560 g/mol. The largest absolute Gasteiger partial charge is 0.475 e. The Hall–Kier alpha value is -2.38. The number of esters is 1. The van der Waals surface area contributed by atoms with Crippen molar-refractivity contribution in [1.82, 2.24) is 9.55 Å². The molecule has 0 bridgehead atoms. The predicted molar refractivity (Wildman–Crippen MR) is 124 cm³/mol. The number of carbonyl (C=O) groups is 1. The third-order valence-corrected chi connectivity index (χ3v) is 8.26. The highest BCUT2D eigenvalue weighted by Crippen LogP contribution is 2.70. The molecule has 3 heterocycles. The Kier molecular flexibility index (Phi) is 6.68. The van der Waals surface area contributed by atoms with Crippen molar-refractivity contribution in [3.05, 3.63) is 68.0 Å². The molecule has 1 N–H and O–H groups in total. The molecule has 37 heavy (non-hydrogen) atoms. The van der Waals surface area contributed by atoms with E-state index in [-0.39, 0.29) is 6.61 Å². The van der Waals surface area contributed by atoms with Crippen LogP contribution in [0.4, 0.5) is 4.39 Å². The number of alkyl halides is 1. The van der Waals surface area contributed by atoms with Gasteiger partial charge in [0.2, 0.25) is 0 Å². The zero-order chi connectivity index (χ0) is 26.6. The molecule has 2 aromatic rings. The van der Waals surface area contributed by atoms with Gasteiger partial charge in [0.1, 0.15) is 12.2 Å². The number of benzene rings is 1. The number of hydrogen-bond donors (Lipinski definition) is 1. The number of rotatable bonds is 7. The summed E-state index contributed by atoms with van der Waals surface area (Å²) >= 11 is 6.06. The highest BCUT2D eigenvalue weighted by Gasteiger charge is 2.87. The molecule has 2 aliphatic heterocycles. The number of halogens is 2. The van der Waals surface area contributed by atoms with Crippen LogP contribution in [-0.2, 0) is 37.1 Å². The first-order valence-electron chi connectivity index (χ1n) is 11.3. The molecule has 1 aromatic carbocycles. The number of hydrogen-bond acceptors (Lipinski definition) is 10. The fraction of sp³-hybridized carbons (Fsp3) is 0.500. The first-order chi connectivity index (χ1) is 17.5. The Balaban J connectivity index is 1.40. The number of nitrogens with one attached hydrogen (secondary N) is 1. The minimum Gasteiger partial charge on any atom is -0.439 e. The molecule has 1 saturated carbocycles. The van der Waals surface area contributed by atoms with Crippen LogP contribution in [0.3, 0.4) is 0 Å². The van der Waals surface area contributed by atoms with Crippen molar-refractivity contribution in [2.75, 3.05) is 13.4 Å². The van der Waals surface area contributed by atoms with E-state index in [9.17, 15) is 18.9 Å². The van der Waals surface area contributed by atoms with Crippen LogP contribution in [0.2, 0.25) is 5.02 Å². The van der Waals surface area contributed by atoms with E-state index < -0.39 is 67.6 Å². The molecule has 3 fully saturated rings. The van der Waals surface area contributed by atoms with Crippen LogP contribution in [0.1, 0.15) is 38.2 Å². The van der Waals surface area contributed by atoms with Crippen molar-refractivity contribution in [3.8, 4) is 0 Å². The van der Waals surface area contributed by atoms with E-state index in [0.717, 1.165) is 30.7 Å². The average molecular weight is 561 g/mol. The van der Waals surface area contributed by atoms with E-state index >= 15 is 4.39 Å². The van der Waals surface area contributed by atoms with Gasteiger partial charge < -0.3 is 14.2 Å². The van der Waals surface area contributed by atoms with Gasteiger partial charge in [-0.1, -0.05) is 23.7 Å². The summed E-state index contributed by atoms with van der Waals surface area (Å²) in [5, 5.41) is 0.461. The molecule has 0 radical (unpaired) electrons. The van der Waals surface area contributed by atoms with Crippen LogP contribution in [0.5, 0.6) is 0 Å². The molecular formula is C22H23ClFN2O10P. The van der Waals surface area contributed by atoms with E-state index in [2.05, 4.69) is 0 Å². The summed E-state index contributed by atoms with van der Waals surface area (Å²) in [6, 6.07) is 7.83. The topological polar surface area (TPSA) is 144 Å². The summed E-state index contributed by atoms with van der Waals surface area (Å²) in [4.78, 5) is 37.1. The number of phosphoric acid groups is 1. The highest BCUT2D eigenvalue weighted by molar-refractivity contribution is 7.48. The SMILES string of the molecule is CC(=O)OCO[C@]12C(O[P@@]3(=O)OCC[C@@H](c4cccc(Cl)c4)O3)[C@H]1O[C@@H](n1ccc(=O)[nH]c1=O)[C@]2(C)F. The Bertz CT molecular complexity index is 1380. The fourth-order valence-corrected chi connectivity index (χ4v) is 6.50. The maximum Gasteiger partial charge on any atom is 0.475 e. The third-order valence-electron chi connectivity index (χ3n) is 6.53. The number of nitrogens with zero attached hydrogens (tertiary/aromatic N) is 1. The molecule has 0 spiro atoms. The minimum atomic E-state index is -4.25. The fourth-order valence-electron chi connectivity index (χ4n) is 4.72. The first kappa shape index (κ1) is 26.2. The number of carbonyl (C=O) groups excluding carboxylic acids is 1. The van der Waals surface area contributed by atoms with Crippen LogP contribution >= 0.6 is 19.4 Å². The van der Waals surface area contributed by atoms with Crippen LogP contribution in [0, 0.1) is 0 Å². The Morgan fingerprint density at radius 2 is 2.14 bits per heavy atom. The van der Waals surface area contributed by atoms with E-state index in [0.29, 0.717) is 17.0 Å². The molecule has 3 aliphatic rings. The molecule has 5 rings (SSSR count). The van der Waals surface area contributed by atoms with Crippen LogP contribution < -0.4 is 11.2 Å². The number of ether oxygens (including phenoxy) is 3. The van der Waals surface area contributed by atoms with E-state index in [4.69, 9.17) is 39.4 Å². The predicted octanol–water partition coefficient (Wildman–Crippen LogP) is 2.78. The lowest BCUT2D eigenvalue weighted by atomic mass is 9.97. The number of aromatic amines is 1. The van der Waals surface area contributed by atoms with Gasteiger partial charge in [0.05, 0.1) is 12.7 Å². The summed E-state index contributed by atoms with van der Waals surface area (Å²) in [6.07, 6.45) is -3.27. The molecule has 1 aliphatic carbocycles. The molecule has 12 nitrogen and oxygen atoms in total.